The lowest BCUT2D eigenvalue weighted by molar-refractivity contribution is 0.951. The van der Waals surface area contributed by atoms with E-state index in [9.17, 15) is 4.79 Å². The average molecular weight is 178 g/mol. The number of aromatic nitrogens is 3. The molecule has 3 N–H and O–H groups in total. The van der Waals surface area contributed by atoms with Crippen LogP contribution in [0.4, 0.5) is 5.95 Å². The van der Waals surface area contributed by atoms with E-state index < -0.39 is 0 Å². The Morgan fingerprint density at radius 2 is 2.31 bits per heavy atom. The standard InChI is InChI=1S/C8H10N4O/c1-4-3-12(2)6-5(4)10-8(9)11-7(6)13/h3H,1-2H3,(H3,9,10,11,13). The molecule has 0 aliphatic heterocycles. The Labute approximate surface area is 74.2 Å². The summed E-state index contributed by atoms with van der Waals surface area (Å²) >= 11 is 0. The molecule has 0 saturated heterocycles. The fourth-order valence-electron chi connectivity index (χ4n) is 1.50. The minimum atomic E-state index is -0.196. The second kappa shape index (κ2) is 2.35. The fraction of sp³-hybridized carbons (Fsp3) is 0.250. The Kier molecular flexibility index (Phi) is 1.42. The summed E-state index contributed by atoms with van der Waals surface area (Å²) in [6, 6.07) is 0. The molecule has 5 heteroatoms. The molecule has 5 nitrogen and oxygen atoms in total. The molecule has 2 heterocycles. The Hall–Kier alpha value is -1.78. The van der Waals surface area contributed by atoms with Crippen LogP contribution in [0, 0.1) is 6.92 Å². The summed E-state index contributed by atoms with van der Waals surface area (Å²) in [5.41, 5.74) is 7.42. The quantitative estimate of drug-likeness (QED) is 0.603. The zero-order chi connectivity index (χ0) is 9.59. The van der Waals surface area contributed by atoms with Crippen molar-refractivity contribution in [3.05, 3.63) is 22.1 Å². The molecule has 0 aliphatic rings. The predicted octanol–water partition coefficient (Wildman–Crippen LogP) is 0.152. The Morgan fingerprint density at radius 1 is 1.62 bits per heavy atom. The number of anilines is 1. The van der Waals surface area contributed by atoms with Gasteiger partial charge in [0.05, 0.1) is 0 Å². The minimum Gasteiger partial charge on any atom is -0.369 e. The number of aryl methyl sites for hydroxylation is 2. The van der Waals surface area contributed by atoms with Crippen molar-refractivity contribution in [3.63, 3.8) is 0 Å². The number of H-pyrrole nitrogens is 1. The molecular weight excluding hydrogens is 168 g/mol. The molecule has 2 aromatic heterocycles. The number of hydrogen-bond acceptors (Lipinski definition) is 3. The van der Waals surface area contributed by atoms with Gasteiger partial charge in [0.2, 0.25) is 5.95 Å². The van der Waals surface area contributed by atoms with Crippen LogP contribution in [0.25, 0.3) is 11.0 Å². The van der Waals surface area contributed by atoms with Gasteiger partial charge in [0, 0.05) is 13.2 Å². The van der Waals surface area contributed by atoms with Crippen molar-refractivity contribution in [2.75, 3.05) is 5.73 Å². The first-order valence-corrected chi connectivity index (χ1v) is 3.91. The molecule has 0 fully saturated rings. The van der Waals surface area contributed by atoms with E-state index in [0.717, 1.165) is 5.56 Å². The molecule has 0 unspecified atom stereocenters. The van der Waals surface area contributed by atoms with E-state index in [0.29, 0.717) is 11.0 Å². The van der Waals surface area contributed by atoms with Crippen LogP contribution in [0.1, 0.15) is 5.56 Å². The van der Waals surface area contributed by atoms with E-state index in [1.807, 2.05) is 20.2 Å². The molecule has 0 bridgehead atoms. The second-order valence-corrected chi connectivity index (χ2v) is 3.07. The summed E-state index contributed by atoms with van der Waals surface area (Å²) < 4.78 is 1.75. The fourth-order valence-corrected chi connectivity index (χ4v) is 1.50. The predicted molar refractivity (Wildman–Crippen MR) is 50.5 cm³/mol. The Bertz CT molecular complexity index is 523. The van der Waals surface area contributed by atoms with Crippen molar-refractivity contribution in [1.29, 1.82) is 0 Å². The van der Waals surface area contributed by atoms with Crippen molar-refractivity contribution in [2.24, 2.45) is 7.05 Å². The lowest BCUT2D eigenvalue weighted by Gasteiger charge is -1.95. The summed E-state index contributed by atoms with van der Waals surface area (Å²) in [6.07, 6.45) is 1.85. The number of nitrogens with one attached hydrogen (secondary N) is 1. The molecule has 68 valence electrons. The van der Waals surface area contributed by atoms with Gasteiger partial charge in [-0.3, -0.25) is 9.78 Å². The topological polar surface area (TPSA) is 76.7 Å². The van der Waals surface area contributed by atoms with Crippen molar-refractivity contribution in [3.8, 4) is 0 Å². The lowest BCUT2D eigenvalue weighted by atomic mass is 10.3. The molecule has 0 amide bonds. The minimum absolute atomic E-state index is 0.159. The lowest BCUT2D eigenvalue weighted by Crippen LogP contribution is -2.13. The molecule has 0 spiro atoms. The first-order chi connectivity index (χ1) is 6.09. The van der Waals surface area contributed by atoms with Crippen LogP contribution in [0.5, 0.6) is 0 Å². The SMILES string of the molecule is Cc1cn(C)c2c(=O)[nH]c(N)nc12. The highest BCUT2D eigenvalue weighted by molar-refractivity contribution is 5.79. The van der Waals surface area contributed by atoms with E-state index in [-0.39, 0.29) is 11.5 Å². The summed E-state index contributed by atoms with van der Waals surface area (Å²) in [5.74, 6) is 0.159. The van der Waals surface area contributed by atoms with Crippen LogP contribution in [-0.2, 0) is 7.05 Å². The van der Waals surface area contributed by atoms with Gasteiger partial charge < -0.3 is 10.3 Å². The van der Waals surface area contributed by atoms with Crippen molar-refractivity contribution < 1.29 is 0 Å². The van der Waals surface area contributed by atoms with Crippen molar-refractivity contribution in [2.45, 2.75) is 6.92 Å². The van der Waals surface area contributed by atoms with E-state index in [4.69, 9.17) is 5.73 Å². The number of nitrogens with two attached hydrogens (primary N) is 1. The Morgan fingerprint density at radius 3 is 3.00 bits per heavy atom. The Balaban J connectivity index is 3.06. The van der Waals surface area contributed by atoms with Gasteiger partial charge in [0.25, 0.3) is 5.56 Å². The maximum atomic E-state index is 11.4. The van der Waals surface area contributed by atoms with E-state index >= 15 is 0 Å². The second-order valence-electron chi connectivity index (χ2n) is 3.07. The van der Waals surface area contributed by atoms with Gasteiger partial charge in [-0.1, -0.05) is 0 Å². The van der Waals surface area contributed by atoms with Gasteiger partial charge in [0.15, 0.2) is 0 Å². The first kappa shape index (κ1) is 7.85. The maximum absolute atomic E-state index is 11.4. The van der Waals surface area contributed by atoms with E-state index in [2.05, 4.69) is 9.97 Å². The largest absolute Gasteiger partial charge is 0.369 e. The molecule has 0 atom stereocenters. The van der Waals surface area contributed by atoms with Crippen LogP contribution < -0.4 is 11.3 Å². The zero-order valence-corrected chi connectivity index (χ0v) is 7.46. The van der Waals surface area contributed by atoms with Gasteiger partial charge in [-0.2, -0.15) is 0 Å². The number of rotatable bonds is 0. The highest BCUT2D eigenvalue weighted by atomic mass is 16.1. The van der Waals surface area contributed by atoms with Crippen LogP contribution in [0.15, 0.2) is 11.0 Å². The average Bonchev–Trinajstić information content (AvgIpc) is 2.27. The van der Waals surface area contributed by atoms with Gasteiger partial charge in [-0.15, -0.1) is 0 Å². The number of fused-ring (bicyclic) bond motifs is 1. The molecule has 0 aliphatic carbocycles. The van der Waals surface area contributed by atoms with Crippen LogP contribution in [0.3, 0.4) is 0 Å². The van der Waals surface area contributed by atoms with E-state index in [1.165, 1.54) is 0 Å². The highest BCUT2D eigenvalue weighted by Gasteiger charge is 2.08. The molecule has 2 aromatic rings. The first-order valence-electron chi connectivity index (χ1n) is 3.91. The van der Waals surface area contributed by atoms with Crippen LogP contribution in [-0.4, -0.2) is 14.5 Å². The van der Waals surface area contributed by atoms with E-state index in [1.54, 1.807) is 4.57 Å². The van der Waals surface area contributed by atoms with Crippen molar-refractivity contribution in [1.82, 2.24) is 14.5 Å². The summed E-state index contributed by atoms with van der Waals surface area (Å²) in [6.45, 7) is 1.90. The van der Waals surface area contributed by atoms with Crippen LogP contribution in [0.2, 0.25) is 0 Å². The number of aromatic amines is 1. The maximum Gasteiger partial charge on any atom is 0.276 e. The van der Waals surface area contributed by atoms with Gasteiger partial charge in [-0.05, 0) is 12.5 Å². The third-order valence-electron chi connectivity index (χ3n) is 2.03. The van der Waals surface area contributed by atoms with Crippen molar-refractivity contribution >= 4 is 17.0 Å². The third kappa shape index (κ3) is 1.00. The molecule has 2 rings (SSSR count). The van der Waals surface area contributed by atoms with Crippen LogP contribution >= 0.6 is 0 Å². The molecule has 0 radical (unpaired) electrons. The van der Waals surface area contributed by atoms with Gasteiger partial charge in [0.1, 0.15) is 11.0 Å². The third-order valence-corrected chi connectivity index (χ3v) is 2.03. The monoisotopic (exact) mass is 178 g/mol. The summed E-state index contributed by atoms with van der Waals surface area (Å²) in [7, 11) is 1.81. The molecular formula is C8H10N4O. The smallest absolute Gasteiger partial charge is 0.276 e. The number of nitrogens with zero attached hydrogens (tertiary/aromatic N) is 2. The number of hydrogen-bond donors (Lipinski definition) is 2. The molecule has 13 heavy (non-hydrogen) atoms. The summed E-state index contributed by atoms with van der Waals surface area (Å²) in [4.78, 5) is 18.0. The zero-order valence-electron chi connectivity index (χ0n) is 7.46. The van der Waals surface area contributed by atoms with Gasteiger partial charge in [-0.25, -0.2) is 4.98 Å². The van der Waals surface area contributed by atoms with Gasteiger partial charge >= 0.3 is 0 Å². The normalized spacial score (nSPS) is 10.9. The molecule has 0 aromatic carbocycles. The highest BCUT2D eigenvalue weighted by Crippen LogP contribution is 2.13. The molecule has 0 saturated carbocycles. The summed E-state index contributed by atoms with van der Waals surface area (Å²) in [5, 5.41) is 0. The number of nitrogen functional groups attached to an aromatic ring is 1.